The summed E-state index contributed by atoms with van der Waals surface area (Å²) in [5, 5.41) is 13.2. The fraction of sp³-hybridized carbons (Fsp3) is 0.208. The number of H-pyrrole nitrogens is 1. The normalized spacial score (nSPS) is 21.3. The summed E-state index contributed by atoms with van der Waals surface area (Å²) in [7, 11) is 0. The third kappa shape index (κ3) is 2.95. The van der Waals surface area contributed by atoms with Gasteiger partial charge in [0.25, 0.3) is 0 Å². The number of nitrogens with one attached hydrogen (secondary N) is 4. The second kappa shape index (κ2) is 6.64. The summed E-state index contributed by atoms with van der Waals surface area (Å²) >= 11 is 0. The summed E-state index contributed by atoms with van der Waals surface area (Å²) in [4.78, 5) is 7.50. The molecule has 5 nitrogen and oxygen atoms in total. The van der Waals surface area contributed by atoms with E-state index in [9.17, 15) is 0 Å². The SMILES string of the molecule is C1=C(c2ccc3cc(-c4ccc5nc[nH]c5c4)ccc3c2)NC([C@@H]2CCCN2)N1. The maximum atomic E-state index is 4.31. The van der Waals surface area contributed by atoms with E-state index in [2.05, 4.69) is 86.7 Å². The Morgan fingerprint density at radius 1 is 0.862 bits per heavy atom. The Morgan fingerprint density at radius 3 is 2.52 bits per heavy atom. The first-order valence-corrected chi connectivity index (χ1v) is 10.3. The van der Waals surface area contributed by atoms with Gasteiger partial charge in [-0.3, -0.25) is 0 Å². The van der Waals surface area contributed by atoms with E-state index in [1.54, 1.807) is 6.33 Å². The first-order valence-electron chi connectivity index (χ1n) is 10.3. The van der Waals surface area contributed by atoms with Gasteiger partial charge in [0.1, 0.15) is 6.17 Å². The molecule has 29 heavy (non-hydrogen) atoms. The molecule has 2 aliphatic heterocycles. The van der Waals surface area contributed by atoms with Crippen LogP contribution in [0.1, 0.15) is 18.4 Å². The summed E-state index contributed by atoms with van der Waals surface area (Å²) in [6.07, 6.45) is 6.61. The number of hydrogen-bond acceptors (Lipinski definition) is 4. The van der Waals surface area contributed by atoms with E-state index in [-0.39, 0.29) is 6.17 Å². The molecular formula is C24H23N5. The van der Waals surface area contributed by atoms with Crippen molar-refractivity contribution in [3.05, 3.63) is 72.7 Å². The first kappa shape index (κ1) is 16.6. The van der Waals surface area contributed by atoms with Crippen molar-refractivity contribution in [2.75, 3.05) is 6.54 Å². The van der Waals surface area contributed by atoms with Crippen LogP contribution < -0.4 is 16.0 Å². The van der Waals surface area contributed by atoms with Crippen LogP contribution >= 0.6 is 0 Å². The lowest BCUT2D eigenvalue weighted by Crippen LogP contribution is -2.47. The van der Waals surface area contributed by atoms with Gasteiger partial charge in [-0.1, -0.05) is 30.3 Å². The molecule has 2 atom stereocenters. The van der Waals surface area contributed by atoms with Crippen LogP contribution in [0.4, 0.5) is 0 Å². The van der Waals surface area contributed by atoms with E-state index in [4.69, 9.17) is 0 Å². The highest BCUT2D eigenvalue weighted by Gasteiger charge is 2.27. The Morgan fingerprint density at radius 2 is 1.66 bits per heavy atom. The number of aromatic nitrogens is 2. The van der Waals surface area contributed by atoms with Crippen LogP contribution in [-0.2, 0) is 0 Å². The Labute approximate surface area is 169 Å². The van der Waals surface area contributed by atoms with Crippen LogP contribution in [-0.4, -0.2) is 28.7 Å². The number of rotatable bonds is 3. The van der Waals surface area contributed by atoms with Crippen molar-refractivity contribution in [2.45, 2.75) is 25.0 Å². The molecule has 0 radical (unpaired) electrons. The van der Waals surface area contributed by atoms with E-state index < -0.39 is 0 Å². The van der Waals surface area contributed by atoms with E-state index in [0.717, 1.165) is 17.6 Å². The summed E-state index contributed by atoms with van der Waals surface area (Å²) in [6, 6.07) is 20.2. The van der Waals surface area contributed by atoms with Crippen LogP contribution in [0.5, 0.6) is 0 Å². The third-order valence-corrected chi connectivity index (χ3v) is 6.12. The minimum absolute atomic E-state index is 0.281. The van der Waals surface area contributed by atoms with Crippen LogP contribution in [0.3, 0.4) is 0 Å². The van der Waals surface area contributed by atoms with Crippen LogP contribution in [0, 0.1) is 0 Å². The average Bonchev–Trinajstić information content (AvgIpc) is 3.53. The standard InChI is InChI=1S/C24H23N5/c1-2-21(25-9-1)24-26-13-23(29-24)19-6-5-15-10-16(3-4-17(15)11-19)18-7-8-20-22(12-18)28-14-27-20/h3-8,10-14,21,24-26,29H,1-2,9H2,(H,27,28)/t21-,24?/m0/s1. The Balaban J connectivity index is 1.28. The molecular weight excluding hydrogens is 358 g/mol. The fourth-order valence-electron chi connectivity index (χ4n) is 4.51. The molecule has 3 heterocycles. The Kier molecular flexibility index (Phi) is 3.81. The molecule has 144 valence electrons. The van der Waals surface area contributed by atoms with Crippen molar-refractivity contribution in [1.29, 1.82) is 0 Å². The van der Waals surface area contributed by atoms with Crippen molar-refractivity contribution in [3.63, 3.8) is 0 Å². The number of benzene rings is 3. The molecule has 0 bridgehead atoms. The monoisotopic (exact) mass is 381 g/mol. The number of nitrogens with zero attached hydrogens (tertiary/aromatic N) is 1. The van der Waals surface area contributed by atoms with Gasteiger partial charge >= 0.3 is 0 Å². The van der Waals surface area contributed by atoms with Gasteiger partial charge in [0.05, 0.1) is 23.1 Å². The molecule has 3 aromatic carbocycles. The van der Waals surface area contributed by atoms with Gasteiger partial charge in [-0.05, 0) is 71.1 Å². The Hall–Kier alpha value is -3.31. The molecule has 0 saturated carbocycles. The molecule has 1 aromatic heterocycles. The summed E-state index contributed by atoms with van der Waals surface area (Å²) in [5.41, 5.74) is 6.86. The molecule has 2 aliphatic rings. The molecule has 1 saturated heterocycles. The molecule has 0 aliphatic carbocycles. The van der Waals surface area contributed by atoms with Gasteiger partial charge in [-0.25, -0.2) is 4.98 Å². The lowest BCUT2D eigenvalue weighted by Gasteiger charge is -2.21. The van der Waals surface area contributed by atoms with Crippen LogP contribution in [0.15, 0.2) is 67.1 Å². The second-order valence-corrected chi connectivity index (χ2v) is 7.96. The highest BCUT2D eigenvalue weighted by atomic mass is 15.2. The number of imidazole rings is 1. The minimum atomic E-state index is 0.281. The molecule has 4 N–H and O–H groups in total. The van der Waals surface area contributed by atoms with Gasteiger partial charge in [0, 0.05) is 12.2 Å². The summed E-state index contributed by atoms with van der Waals surface area (Å²) < 4.78 is 0. The maximum Gasteiger partial charge on any atom is 0.112 e. The zero-order chi connectivity index (χ0) is 19.2. The quantitative estimate of drug-likeness (QED) is 0.434. The third-order valence-electron chi connectivity index (χ3n) is 6.12. The van der Waals surface area contributed by atoms with Gasteiger partial charge < -0.3 is 20.9 Å². The van der Waals surface area contributed by atoms with Crippen molar-refractivity contribution in [3.8, 4) is 11.1 Å². The molecule has 5 heteroatoms. The fourth-order valence-corrected chi connectivity index (χ4v) is 4.51. The predicted molar refractivity (Wildman–Crippen MR) is 118 cm³/mol. The van der Waals surface area contributed by atoms with E-state index in [1.807, 2.05) is 0 Å². The van der Waals surface area contributed by atoms with Crippen LogP contribution in [0.25, 0.3) is 38.6 Å². The van der Waals surface area contributed by atoms with Crippen molar-refractivity contribution in [1.82, 2.24) is 25.9 Å². The molecule has 1 fully saturated rings. The minimum Gasteiger partial charge on any atom is -0.368 e. The van der Waals surface area contributed by atoms with Crippen molar-refractivity contribution < 1.29 is 0 Å². The van der Waals surface area contributed by atoms with E-state index in [1.165, 1.54) is 46.0 Å². The predicted octanol–water partition coefficient (Wildman–Crippen LogP) is 3.95. The highest BCUT2D eigenvalue weighted by molar-refractivity contribution is 5.91. The summed E-state index contributed by atoms with van der Waals surface area (Å²) in [6.45, 7) is 1.12. The summed E-state index contributed by atoms with van der Waals surface area (Å²) in [5.74, 6) is 0. The van der Waals surface area contributed by atoms with Crippen molar-refractivity contribution >= 4 is 27.5 Å². The lowest BCUT2D eigenvalue weighted by atomic mass is 9.99. The second-order valence-electron chi connectivity index (χ2n) is 7.96. The molecule has 4 aromatic rings. The largest absolute Gasteiger partial charge is 0.368 e. The smallest absolute Gasteiger partial charge is 0.112 e. The first-order chi connectivity index (χ1) is 14.3. The zero-order valence-corrected chi connectivity index (χ0v) is 16.1. The number of fused-ring (bicyclic) bond motifs is 2. The van der Waals surface area contributed by atoms with E-state index >= 15 is 0 Å². The van der Waals surface area contributed by atoms with E-state index in [0.29, 0.717) is 6.04 Å². The molecule has 0 amide bonds. The van der Waals surface area contributed by atoms with Gasteiger partial charge in [-0.2, -0.15) is 0 Å². The molecule has 6 rings (SSSR count). The molecule has 1 unspecified atom stereocenters. The maximum absolute atomic E-state index is 4.31. The number of hydrogen-bond donors (Lipinski definition) is 4. The van der Waals surface area contributed by atoms with Gasteiger partial charge in [-0.15, -0.1) is 0 Å². The lowest BCUT2D eigenvalue weighted by molar-refractivity contribution is 0.429. The topological polar surface area (TPSA) is 64.8 Å². The van der Waals surface area contributed by atoms with Gasteiger partial charge in [0.15, 0.2) is 0 Å². The zero-order valence-electron chi connectivity index (χ0n) is 16.1. The molecule has 0 spiro atoms. The highest BCUT2D eigenvalue weighted by Crippen LogP contribution is 2.29. The number of aromatic amines is 1. The Bertz CT molecular complexity index is 1230. The van der Waals surface area contributed by atoms with Crippen LogP contribution in [0.2, 0.25) is 0 Å². The average molecular weight is 381 g/mol. The van der Waals surface area contributed by atoms with Crippen molar-refractivity contribution in [2.24, 2.45) is 0 Å². The van der Waals surface area contributed by atoms with Gasteiger partial charge in [0.2, 0.25) is 0 Å².